The Morgan fingerprint density at radius 1 is 1.29 bits per heavy atom. The van der Waals surface area contributed by atoms with Gasteiger partial charge in [0.1, 0.15) is 0 Å². The first-order valence-corrected chi connectivity index (χ1v) is 5.95. The maximum absolute atomic E-state index is 11.9. The minimum absolute atomic E-state index is 0.105. The Hall–Kier alpha value is -1.61. The van der Waals surface area contributed by atoms with Gasteiger partial charge in [-0.05, 0) is 31.0 Å². The number of Topliss-reactive ketones (excluding diaryl/α,β-unsaturated/α-hetero) is 1. The third-order valence-corrected chi connectivity index (χ3v) is 3.39. The lowest BCUT2D eigenvalue weighted by molar-refractivity contribution is 0.0973. The molecule has 0 fully saturated rings. The fraction of sp³-hybridized carbons (Fsp3) is 0.231. The van der Waals surface area contributed by atoms with E-state index in [0.717, 1.165) is 29.4 Å². The third kappa shape index (κ3) is 1.58. The molecule has 0 saturated heterocycles. The highest BCUT2D eigenvalue weighted by Crippen LogP contribution is 2.32. The number of ketones is 1. The number of aryl methyl sites for hydroxylation is 1. The van der Waals surface area contributed by atoms with E-state index < -0.39 is 0 Å². The Morgan fingerprint density at radius 3 is 2.94 bits per heavy atom. The molecular weight excluding hydrogens is 236 g/mol. The van der Waals surface area contributed by atoms with Crippen LogP contribution in [0.5, 0.6) is 0 Å². The Kier molecular flexibility index (Phi) is 2.30. The van der Waals surface area contributed by atoms with Gasteiger partial charge in [0, 0.05) is 16.8 Å². The number of carbonyl (C=O) groups excluding carboxylic acids is 1. The summed E-state index contributed by atoms with van der Waals surface area (Å²) in [5, 5.41) is 1.44. The highest BCUT2D eigenvalue weighted by molar-refractivity contribution is 6.31. The van der Waals surface area contributed by atoms with Crippen LogP contribution in [0.15, 0.2) is 18.2 Å². The van der Waals surface area contributed by atoms with Gasteiger partial charge in [-0.1, -0.05) is 11.6 Å². The number of rotatable bonds is 0. The molecule has 1 aromatic heterocycles. The molecule has 0 radical (unpaired) electrons. The number of anilines is 1. The summed E-state index contributed by atoms with van der Waals surface area (Å²) >= 11 is 5.94. The summed E-state index contributed by atoms with van der Waals surface area (Å²) in [5.41, 5.74) is 8.82. The van der Waals surface area contributed by atoms with Crippen molar-refractivity contribution >= 4 is 34.0 Å². The number of nitrogens with two attached hydrogens (primary N) is 1. The zero-order valence-corrected chi connectivity index (χ0v) is 9.92. The van der Waals surface area contributed by atoms with Crippen molar-refractivity contribution < 1.29 is 4.79 Å². The fourth-order valence-corrected chi connectivity index (χ4v) is 2.52. The fourth-order valence-electron chi connectivity index (χ4n) is 2.35. The predicted octanol–water partition coefficient (Wildman–Crippen LogP) is 2.99. The lowest BCUT2D eigenvalue weighted by atomic mass is 9.92. The van der Waals surface area contributed by atoms with Gasteiger partial charge >= 0.3 is 0 Å². The van der Waals surface area contributed by atoms with Crippen LogP contribution in [0.25, 0.3) is 10.9 Å². The predicted molar refractivity (Wildman–Crippen MR) is 68.4 cm³/mol. The van der Waals surface area contributed by atoms with Crippen LogP contribution >= 0.6 is 11.6 Å². The van der Waals surface area contributed by atoms with Gasteiger partial charge in [-0.15, -0.1) is 0 Å². The molecular formula is C13H11ClN2O. The van der Waals surface area contributed by atoms with Crippen LogP contribution in [0.1, 0.15) is 28.9 Å². The molecule has 3 nitrogen and oxygen atoms in total. The lowest BCUT2D eigenvalue weighted by Gasteiger charge is -2.17. The number of halogens is 1. The topological polar surface area (TPSA) is 56.0 Å². The van der Waals surface area contributed by atoms with Gasteiger partial charge < -0.3 is 5.73 Å². The second-order valence-electron chi connectivity index (χ2n) is 4.29. The molecule has 86 valence electrons. The number of hydrogen-bond donors (Lipinski definition) is 1. The van der Waals surface area contributed by atoms with Crippen molar-refractivity contribution in [2.75, 3.05) is 5.73 Å². The maximum atomic E-state index is 11.9. The SMILES string of the molecule is Nc1c2c(nc3cc(Cl)ccc13)CCCC2=O. The number of fused-ring (bicyclic) bond motifs is 2. The van der Waals surface area contributed by atoms with Gasteiger partial charge in [0.25, 0.3) is 0 Å². The van der Waals surface area contributed by atoms with E-state index in [-0.39, 0.29) is 5.78 Å². The van der Waals surface area contributed by atoms with Crippen molar-refractivity contribution in [3.63, 3.8) is 0 Å². The van der Waals surface area contributed by atoms with E-state index in [1.807, 2.05) is 6.07 Å². The molecule has 0 saturated carbocycles. The van der Waals surface area contributed by atoms with E-state index in [1.54, 1.807) is 12.1 Å². The second-order valence-corrected chi connectivity index (χ2v) is 4.72. The van der Waals surface area contributed by atoms with E-state index in [2.05, 4.69) is 4.98 Å². The van der Waals surface area contributed by atoms with Crippen LogP contribution in [0.4, 0.5) is 5.69 Å². The van der Waals surface area contributed by atoms with Crippen LogP contribution in [0.3, 0.4) is 0 Å². The maximum Gasteiger partial charge on any atom is 0.166 e. The molecule has 0 atom stereocenters. The summed E-state index contributed by atoms with van der Waals surface area (Å²) in [6, 6.07) is 5.37. The van der Waals surface area contributed by atoms with Crippen LogP contribution in [-0.2, 0) is 6.42 Å². The van der Waals surface area contributed by atoms with Crippen molar-refractivity contribution in [2.24, 2.45) is 0 Å². The Morgan fingerprint density at radius 2 is 2.12 bits per heavy atom. The summed E-state index contributed by atoms with van der Waals surface area (Å²) in [4.78, 5) is 16.4. The first-order valence-electron chi connectivity index (χ1n) is 5.57. The molecule has 1 aliphatic rings. The molecule has 0 bridgehead atoms. The Bertz CT molecular complexity index is 637. The van der Waals surface area contributed by atoms with Gasteiger partial charge in [-0.3, -0.25) is 9.78 Å². The van der Waals surface area contributed by atoms with Gasteiger partial charge in [-0.2, -0.15) is 0 Å². The Labute approximate surface area is 104 Å². The summed E-state index contributed by atoms with van der Waals surface area (Å²) < 4.78 is 0. The van der Waals surface area contributed by atoms with Crippen LogP contribution in [0, 0.1) is 0 Å². The smallest absolute Gasteiger partial charge is 0.166 e. The van der Waals surface area contributed by atoms with E-state index in [1.165, 1.54) is 0 Å². The largest absolute Gasteiger partial charge is 0.398 e. The highest BCUT2D eigenvalue weighted by Gasteiger charge is 2.22. The van der Waals surface area contributed by atoms with Crippen LogP contribution < -0.4 is 5.73 Å². The number of nitrogens with zero attached hydrogens (tertiary/aromatic N) is 1. The minimum atomic E-state index is 0.105. The lowest BCUT2D eigenvalue weighted by Crippen LogP contribution is -2.15. The van der Waals surface area contributed by atoms with Gasteiger partial charge in [-0.25, -0.2) is 0 Å². The highest BCUT2D eigenvalue weighted by atomic mass is 35.5. The van der Waals surface area contributed by atoms with E-state index in [0.29, 0.717) is 22.7 Å². The average Bonchev–Trinajstić information content (AvgIpc) is 2.28. The average molecular weight is 247 g/mol. The van der Waals surface area contributed by atoms with Gasteiger partial charge in [0.15, 0.2) is 5.78 Å². The quantitative estimate of drug-likeness (QED) is 0.778. The molecule has 0 aliphatic heterocycles. The van der Waals surface area contributed by atoms with E-state index in [9.17, 15) is 4.79 Å². The second kappa shape index (κ2) is 3.70. The zero-order chi connectivity index (χ0) is 12.0. The van der Waals surface area contributed by atoms with E-state index in [4.69, 9.17) is 17.3 Å². The molecule has 2 aromatic rings. The molecule has 17 heavy (non-hydrogen) atoms. The van der Waals surface area contributed by atoms with Crippen molar-refractivity contribution in [2.45, 2.75) is 19.3 Å². The number of carbonyl (C=O) groups is 1. The number of hydrogen-bond acceptors (Lipinski definition) is 3. The molecule has 2 N–H and O–H groups in total. The van der Waals surface area contributed by atoms with Gasteiger partial charge in [0.2, 0.25) is 0 Å². The number of benzene rings is 1. The molecule has 3 rings (SSSR count). The molecule has 0 unspecified atom stereocenters. The van der Waals surface area contributed by atoms with Crippen molar-refractivity contribution in [3.05, 3.63) is 34.5 Å². The summed E-state index contributed by atoms with van der Waals surface area (Å²) in [5.74, 6) is 0.105. The number of pyridine rings is 1. The van der Waals surface area contributed by atoms with Crippen molar-refractivity contribution in [3.8, 4) is 0 Å². The number of aromatic nitrogens is 1. The Balaban J connectivity index is 2.39. The number of nitrogen functional groups attached to an aromatic ring is 1. The molecule has 4 heteroatoms. The zero-order valence-electron chi connectivity index (χ0n) is 9.16. The summed E-state index contributed by atoms with van der Waals surface area (Å²) in [7, 11) is 0. The molecule has 1 aromatic carbocycles. The minimum Gasteiger partial charge on any atom is -0.398 e. The molecule has 1 heterocycles. The van der Waals surface area contributed by atoms with E-state index >= 15 is 0 Å². The first-order chi connectivity index (χ1) is 8.16. The first kappa shape index (κ1) is 10.5. The molecule has 0 spiro atoms. The normalized spacial score (nSPS) is 15.0. The molecule has 1 aliphatic carbocycles. The molecule has 0 amide bonds. The van der Waals surface area contributed by atoms with Gasteiger partial charge in [0.05, 0.1) is 22.5 Å². The summed E-state index contributed by atoms with van der Waals surface area (Å²) in [6.45, 7) is 0. The monoisotopic (exact) mass is 246 g/mol. The summed E-state index contributed by atoms with van der Waals surface area (Å²) in [6.07, 6.45) is 2.23. The third-order valence-electron chi connectivity index (χ3n) is 3.16. The van der Waals surface area contributed by atoms with Crippen LogP contribution in [-0.4, -0.2) is 10.8 Å². The standard InChI is InChI=1S/C13H11ClN2O/c14-7-4-5-8-10(6-7)16-9-2-1-3-11(17)12(9)13(8)15/h4-6H,1-3H2,(H2,15,16). The van der Waals surface area contributed by atoms with Crippen LogP contribution in [0.2, 0.25) is 5.02 Å². The van der Waals surface area contributed by atoms with Crippen molar-refractivity contribution in [1.29, 1.82) is 0 Å². The van der Waals surface area contributed by atoms with Crippen molar-refractivity contribution in [1.82, 2.24) is 4.98 Å².